The van der Waals surface area contributed by atoms with Crippen molar-refractivity contribution in [1.29, 1.82) is 0 Å². The quantitative estimate of drug-likeness (QED) is 0.718. The number of hydrogen-bond donors (Lipinski definition) is 0. The Hall–Kier alpha value is -1.45. The molecule has 26 heavy (non-hydrogen) atoms. The van der Waals surface area contributed by atoms with Crippen molar-refractivity contribution >= 4 is 27.4 Å². The number of halogens is 1. The highest BCUT2D eigenvalue weighted by Crippen LogP contribution is 2.35. The molecule has 2 fully saturated rings. The molecule has 2 saturated heterocycles. The summed E-state index contributed by atoms with van der Waals surface area (Å²) in [5, 5.41) is 0.446. The predicted molar refractivity (Wildman–Crippen MR) is 95.9 cm³/mol. The van der Waals surface area contributed by atoms with E-state index in [0.29, 0.717) is 10.6 Å². The van der Waals surface area contributed by atoms with Crippen LogP contribution in [-0.4, -0.2) is 62.7 Å². The van der Waals surface area contributed by atoms with Gasteiger partial charge in [0.25, 0.3) is 0 Å². The molecule has 0 N–H and O–H groups in total. The SMILES string of the molecule is CC1OC(C2/C(=C/N(C)C)C(=O)CCN2S(=O)(=O)c2ccc(Cl)cc2)O1. The van der Waals surface area contributed by atoms with E-state index < -0.39 is 28.6 Å². The largest absolute Gasteiger partial charge is 0.383 e. The van der Waals surface area contributed by atoms with Gasteiger partial charge in [-0.1, -0.05) is 11.6 Å². The first-order valence-electron chi connectivity index (χ1n) is 8.20. The lowest BCUT2D eigenvalue weighted by Gasteiger charge is -2.45. The Morgan fingerprint density at radius 1 is 1.23 bits per heavy atom. The van der Waals surface area contributed by atoms with Gasteiger partial charge in [0.1, 0.15) is 6.04 Å². The summed E-state index contributed by atoms with van der Waals surface area (Å²) in [4.78, 5) is 14.3. The summed E-state index contributed by atoms with van der Waals surface area (Å²) < 4.78 is 38.8. The Morgan fingerprint density at radius 3 is 2.38 bits per heavy atom. The zero-order valence-electron chi connectivity index (χ0n) is 14.8. The predicted octanol–water partition coefficient (Wildman–Crippen LogP) is 1.84. The molecule has 1 atom stereocenters. The lowest BCUT2D eigenvalue weighted by molar-refractivity contribution is -0.385. The molecule has 0 spiro atoms. The minimum absolute atomic E-state index is 0.0663. The number of Topliss-reactive ketones (excluding diaryl/α,β-unsaturated/α-hetero) is 1. The lowest BCUT2D eigenvalue weighted by Crippen LogP contribution is -2.59. The van der Waals surface area contributed by atoms with Gasteiger partial charge in [0.2, 0.25) is 10.0 Å². The standard InChI is InChI=1S/C17H21ClN2O5S/c1-11-24-17(25-11)16-14(10-19(2)3)15(21)8-9-20(16)26(22,23)13-6-4-12(18)5-7-13/h4-7,10-11,16-17H,8-9H2,1-3H3/b14-10+. The molecule has 0 aromatic heterocycles. The van der Waals surface area contributed by atoms with Crippen molar-refractivity contribution in [3.05, 3.63) is 41.1 Å². The van der Waals surface area contributed by atoms with Crippen LogP contribution in [0.4, 0.5) is 0 Å². The monoisotopic (exact) mass is 400 g/mol. The van der Waals surface area contributed by atoms with Crippen molar-refractivity contribution in [1.82, 2.24) is 9.21 Å². The van der Waals surface area contributed by atoms with Crippen molar-refractivity contribution < 1.29 is 22.7 Å². The summed E-state index contributed by atoms with van der Waals surface area (Å²) in [5.74, 6) is -0.113. The molecule has 0 bridgehead atoms. The van der Waals surface area contributed by atoms with Crippen molar-refractivity contribution in [2.24, 2.45) is 0 Å². The number of rotatable bonds is 4. The van der Waals surface area contributed by atoms with E-state index in [-0.39, 0.29) is 23.6 Å². The first-order valence-corrected chi connectivity index (χ1v) is 10.0. The molecule has 2 aliphatic rings. The number of nitrogens with zero attached hydrogens (tertiary/aromatic N) is 2. The van der Waals surface area contributed by atoms with Crippen LogP contribution in [0.3, 0.4) is 0 Å². The summed E-state index contributed by atoms with van der Waals surface area (Å²) in [6.07, 6.45) is 0.484. The van der Waals surface area contributed by atoms with Gasteiger partial charge in [-0.05, 0) is 31.2 Å². The maximum atomic E-state index is 13.2. The fourth-order valence-electron chi connectivity index (χ4n) is 3.07. The summed E-state index contributed by atoms with van der Waals surface area (Å²) in [6, 6.07) is 5.11. The summed E-state index contributed by atoms with van der Waals surface area (Å²) in [5.41, 5.74) is 0.357. The van der Waals surface area contributed by atoms with Gasteiger partial charge in [0.15, 0.2) is 18.4 Å². The van der Waals surface area contributed by atoms with E-state index >= 15 is 0 Å². The molecule has 1 aromatic carbocycles. The van der Waals surface area contributed by atoms with Crippen LogP contribution in [-0.2, 0) is 24.3 Å². The summed E-state index contributed by atoms with van der Waals surface area (Å²) >= 11 is 5.87. The molecule has 0 radical (unpaired) electrons. The second-order valence-corrected chi connectivity index (χ2v) is 8.77. The Kier molecular flexibility index (Phi) is 5.41. The zero-order valence-corrected chi connectivity index (χ0v) is 16.3. The molecule has 142 valence electrons. The average molecular weight is 401 g/mol. The van der Waals surface area contributed by atoms with Crippen LogP contribution in [0.5, 0.6) is 0 Å². The number of ketones is 1. The van der Waals surface area contributed by atoms with Gasteiger partial charge < -0.3 is 14.4 Å². The molecule has 2 aliphatic heterocycles. The Morgan fingerprint density at radius 2 is 1.85 bits per heavy atom. The number of carbonyl (C=O) groups is 1. The van der Waals surface area contributed by atoms with Crippen LogP contribution in [0.2, 0.25) is 5.02 Å². The third-order valence-corrected chi connectivity index (χ3v) is 6.38. The molecule has 0 aliphatic carbocycles. The van der Waals surface area contributed by atoms with Crippen LogP contribution >= 0.6 is 11.6 Å². The molecule has 1 aromatic rings. The minimum atomic E-state index is -3.86. The molecule has 1 unspecified atom stereocenters. The van der Waals surface area contributed by atoms with Crippen molar-refractivity contribution in [2.45, 2.75) is 36.9 Å². The first-order chi connectivity index (χ1) is 12.2. The van der Waals surface area contributed by atoms with Gasteiger partial charge in [-0.25, -0.2) is 8.42 Å². The van der Waals surface area contributed by atoms with E-state index in [1.54, 1.807) is 32.1 Å². The fraction of sp³-hybridized carbons (Fsp3) is 0.471. The molecule has 0 saturated carbocycles. The van der Waals surface area contributed by atoms with E-state index in [1.165, 1.54) is 28.6 Å². The van der Waals surface area contributed by atoms with Crippen LogP contribution < -0.4 is 0 Å². The van der Waals surface area contributed by atoms with Crippen molar-refractivity contribution in [3.63, 3.8) is 0 Å². The third kappa shape index (κ3) is 3.65. The van der Waals surface area contributed by atoms with Crippen LogP contribution in [0.25, 0.3) is 0 Å². The number of hydrogen-bond acceptors (Lipinski definition) is 6. The molecule has 3 rings (SSSR count). The number of carbonyl (C=O) groups excluding carboxylic acids is 1. The van der Waals surface area contributed by atoms with Gasteiger partial charge in [-0.3, -0.25) is 4.79 Å². The smallest absolute Gasteiger partial charge is 0.243 e. The second-order valence-electron chi connectivity index (χ2n) is 6.44. The molecular weight excluding hydrogens is 380 g/mol. The summed E-state index contributed by atoms with van der Waals surface area (Å²) in [6.45, 7) is 1.78. The van der Waals surface area contributed by atoms with Crippen LogP contribution in [0.15, 0.2) is 40.9 Å². The van der Waals surface area contributed by atoms with Gasteiger partial charge in [-0.2, -0.15) is 4.31 Å². The van der Waals surface area contributed by atoms with E-state index in [2.05, 4.69) is 0 Å². The molecular formula is C17H21ClN2O5S. The van der Waals surface area contributed by atoms with Gasteiger partial charge >= 0.3 is 0 Å². The van der Waals surface area contributed by atoms with E-state index in [4.69, 9.17) is 21.1 Å². The Balaban J connectivity index is 2.03. The van der Waals surface area contributed by atoms with Gasteiger partial charge in [-0.15, -0.1) is 0 Å². The van der Waals surface area contributed by atoms with E-state index in [9.17, 15) is 13.2 Å². The number of ether oxygens (including phenoxy) is 2. The normalized spacial score (nSPS) is 28.8. The number of sulfonamides is 1. The highest BCUT2D eigenvalue weighted by Gasteiger charge is 2.48. The maximum Gasteiger partial charge on any atom is 0.243 e. The zero-order chi connectivity index (χ0) is 19.1. The topological polar surface area (TPSA) is 76.2 Å². The highest BCUT2D eigenvalue weighted by atomic mass is 35.5. The average Bonchev–Trinajstić information content (AvgIpc) is 2.54. The van der Waals surface area contributed by atoms with E-state index in [0.717, 1.165) is 0 Å². The third-order valence-electron chi connectivity index (χ3n) is 4.24. The van der Waals surface area contributed by atoms with Crippen LogP contribution in [0, 0.1) is 0 Å². The van der Waals surface area contributed by atoms with Crippen LogP contribution in [0.1, 0.15) is 13.3 Å². The van der Waals surface area contributed by atoms with Gasteiger partial charge in [0.05, 0.1) is 4.90 Å². The first kappa shape index (κ1) is 19.3. The Labute approximate surface area is 158 Å². The number of piperidine rings is 1. The highest BCUT2D eigenvalue weighted by molar-refractivity contribution is 7.89. The molecule has 2 heterocycles. The van der Waals surface area contributed by atoms with Crippen molar-refractivity contribution in [2.75, 3.05) is 20.6 Å². The lowest BCUT2D eigenvalue weighted by atomic mass is 9.96. The van der Waals surface area contributed by atoms with Crippen molar-refractivity contribution in [3.8, 4) is 0 Å². The number of benzene rings is 1. The summed E-state index contributed by atoms with van der Waals surface area (Å²) in [7, 11) is -0.310. The maximum absolute atomic E-state index is 13.2. The van der Waals surface area contributed by atoms with Gasteiger partial charge in [0, 0.05) is 43.9 Å². The molecule has 7 nitrogen and oxygen atoms in total. The Bertz CT molecular complexity index is 816. The molecule has 9 heteroatoms. The second kappa shape index (κ2) is 7.28. The minimum Gasteiger partial charge on any atom is -0.383 e. The fourth-order valence-corrected chi connectivity index (χ4v) is 4.79. The molecule has 0 amide bonds. The van der Waals surface area contributed by atoms with E-state index in [1.807, 2.05) is 0 Å².